The van der Waals surface area contributed by atoms with Crippen molar-refractivity contribution in [1.82, 2.24) is 20.8 Å². The van der Waals surface area contributed by atoms with Gasteiger partial charge in [0.1, 0.15) is 11.8 Å². The van der Waals surface area contributed by atoms with Crippen LogP contribution < -0.4 is 10.9 Å². The van der Waals surface area contributed by atoms with Gasteiger partial charge in [0.05, 0.1) is 11.7 Å². The molecule has 0 radical (unpaired) electrons. The van der Waals surface area contributed by atoms with Gasteiger partial charge in [0.25, 0.3) is 5.91 Å². The Labute approximate surface area is 186 Å². The van der Waals surface area contributed by atoms with Crippen molar-refractivity contribution in [2.45, 2.75) is 31.2 Å². The number of hydrogen-bond donors (Lipinski definition) is 2. The number of fused-ring (bicyclic) bond motifs is 1. The van der Waals surface area contributed by atoms with Gasteiger partial charge in [-0.1, -0.05) is 35.5 Å². The quantitative estimate of drug-likeness (QED) is 0.604. The number of aryl methyl sites for hydroxylation is 1. The molecule has 1 saturated heterocycles. The van der Waals surface area contributed by atoms with Crippen LogP contribution in [0.1, 0.15) is 28.8 Å². The van der Waals surface area contributed by atoms with Crippen molar-refractivity contribution >= 4 is 45.8 Å². The minimum absolute atomic E-state index is 0.0910. The Morgan fingerprint density at radius 3 is 3.07 bits per heavy atom. The third-order valence-electron chi connectivity index (χ3n) is 5.02. The van der Waals surface area contributed by atoms with Crippen LogP contribution in [0.2, 0.25) is 5.02 Å². The first-order chi connectivity index (χ1) is 14.6. The topological polar surface area (TPSA) is 82.8 Å². The van der Waals surface area contributed by atoms with Crippen LogP contribution in [0.15, 0.2) is 51.3 Å². The summed E-state index contributed by atoms with van der Waals surface area (Å²) in [4.78, 5) is 18.2. The first kappa shape index (κ1) is 19.6. The Kier molecular flexibility index (Phi) is 5.28. The molecule has 10 heteroatoms. The summed E-state index contributed by atoms with van der Waals surface area (Å²) in [6.45, 7) is 1.89. The lowest BCUT2D eigenvalue weighted by Crippen LogP contribution is -2.52. The van der Waals surface area contributed by atoms with E-state index in [4.69, 9.17) is 16.0 Å². The number of carbonyl (C=O) groups excluding carboxylic acids is 1. The zero-order valence-electron chi connectivity index (χ0n) is 16.0. The first-order valence-electron chi connectivity index (χ1n) is 9.40. The number of nitrogens with zero attached hydrogens (tertiary/aromatic N) is 3. The van der Waals surface area contributed by atoms with Crippen LogP contribution in [0.3, 0.4) is 0 Å². The first-order valence-corrected chi connectivity index (χ1v) is 11.6. The number of thiophene rings is 1. The molecule has 2 aromatic heterocycles. The van der Waals surface area contributed by atoms with Crippen LogP contribution in [0.5, 0.6) is 0 Å². The van der Waals surface area contributed by atoms with Gasteiger partial charge in [0.2, 0.25) is 5.89 Å². The number of amidine groups is 1. The molecule has 0 saturated carbocycles. The molecule has 0 bridgehead atoms. The molecule has 7 nitrogen and oxygen atoms in total. The summed E-state index contributed by atoms with van der Waals surface area (Å²) in [6.07, 6.45) is 0.702. The Morgan fingerprint density at radius 2 is 2.27 bits per heavy atom. The van der Waals surface area contributed by atoms with Crippen molar-refractivity contribution in [2.24, 2.45) is 5.10 Å². The van der Waals surface area contributed by atoms with E-state index in [0.29, 0.717) is 28.3 Å². The second kappa shape index (κ2) is 8.07. The molecule has 2 aliphatic rings. The highest BCUT2D eigenvalue weighted by atomic mass is 35.5. The Bertz CT molecular complexity index is 1110. The van der Waals surface area contributed by atoms with Crippen molar-refractivity contribution in [3.8, 4) is 11.5 Å². The lowest BCUT2D eigenvalue weighted by Gasteiger charge is -2.29. The van der Waals surface area contributed by atoms with E-state index in [1.54, 1.807) is 11.3 Å². The van der Waals surface area contributed by atoms with Crippen LogP contribution in [0, 0.1) is 6.92 Å². The van der Waals surface area contributed by atoms with Crippen LogP contribution >= 0.6 is 34.7 Å². The van der Waals surface area contributed by atoms with Crippen LogP contribution in [-0.4, -0.2) is 27.1 Å². The number of benzene rings is 1. The van der Waals surface area contributed by atoms with Crippen LogP contribution in [0.25, 0.3) is 11.5 Å². The van der Waals surface area contributed by atoms with Gasteiger partial charge in [0, 0.05) is 27.6 Å². The predicted octanol–water partition coefficient (Wildman–Crippen LogP) is 4.32. The Hall–Kier alpha value is -2.33. The number of carbonyl (C=O) groups is 1. The largest absolute Gasteiger partial charge is 0.441 e. The van der Waals surface area contributed by atoms with E-state index < -0.39 is 0 Å². The monoisotopic (exact) mass is 459 g/mol. The number of hydrogen-bond acceptors (Lipinski definition) is 8. The summed E-state index contributed by atoms with van der Waals surface area (Å²) < 4.78 is 5.84. The molecule has 2 unspecified atom stereocenters. The third-order valence-corrected chi connectivity index (χ3v) is 7.21. The number of rotatable bonds is 4. The van der Waals surface area contributed by atoms with E-state index >= 15 is 0 Å². The SMILES string of the molecule is Cc1oc(-c2cccc(Cl)c2)nc1CSC1=NNC(=O)C2CC(c3cccs3)NN12. The number of amides is 1. The average molecular weight is 460 g/mol. The van der Waals surface area contributed by atoms with Crippen LogP contribution in [-0.2, 0) is 10.5 Å². The van der Waals surface area contributed by atoms with Gasteiger partial charge >= 0.3 is 0 Å². The van der Waals surface area contributed by atoms with E-state index in [9.17, 15) is 4.79 Å². The van der Waals surface area contributed by atoms with Gasteiger partial charge in [-0.3, -0.25) is 9.80 Å². The molecule has 4 heterocycles. The minimum atomic E-state index is -0.280. The molecule has 2 N–H and O–H groups in total. The van der Waals surface area contributed by atoms with Gasteiger partial charge in [-0.05, 0) is 36.6 Å². The van der Waals surface area contributed by atoms with Gasteiger partial charge in [-0.15, -0.1) is 16.4 Å². The van der Waals surface area contributed by atoms with Crippen molar-refractivity contribution in [3.63, 3.8) is 0 Å². The second-order valence-corrected chi connectivity index (χ2v) is 9.37. The molecular formula is C20H18ClN5O2S2. The standard InChI is InChI=1S/C20H18ClN5O2S2/c1-11-15(22-19(28-11)12-4-2-5-13(21)8-12)10-30-20-24-23-18(27)16-9-14(25-26(16)20)17-6-3-7-29-17/h2-8,14,16,25H,9-10H2,1H3,(H,23,27). The second-order valence-electron chi connectivity index (χ2n) is 7.01. The molecule has 0 spiro atoms. The fourth-order valence-corrected chi connectivity index (χ4v) is 5.43. The zero-order valence-corrected chi connectivity index (χ0v) is 18.4. The molecular weight excluding hydrogens is 442 g/mol. The number of thioether (sulfide) groups is 1. The molecule has 1 aromatic carbocycles. The van der Waals surface area contributed by atoms with Gasteiger partial charge in [0.15, 0.2) is 5.17 Å². The van der Waals surface area contributed by atoms with E-state index in [2.05, 4.69) is 27.0 Å². The number of hydrazone groups is 1. The highest BCUT2D eigenvalue weighted by molar-refractivity contribution is 8.13. The summed E-state index contributed by atoms with van der Waals surface area (Å²) in [5.41, 5.74) is 7.76. The summed E-state index contributed by atoms with van der Waals surface area (Å²) in [6, 6.07) is 11.4. The Balaban J connectivity index is 1.31. The fourth-order valence-electron chi connectivity index (χ4n) is 3.49. The Morgan fingerprint density at radius 1 is 1.37 bits per heavy atom. The summed E-state index contributed by atoms with van der Waals surface area (Å²) in [5, 5.41) is 9.53. The number of oxazole rings is 1. The normalized spacial score (nSPS) is 20.8. The van der Waals surface area contributed by atoms with Crippen molar-refractivity contribution in [3.05, 3.63) is 63.1 Å². The molecule has 1 amide bonds. The van der Waals surface area contributed by atoms with Crippen molar-refractivity contribution in [1.29, 1.82) is 0 Å². The van der Waals surface area contributed by atoms with Gasteiger partial charge in [-0.2, -0.15) is 0 Å². The van der Waals surface area contributed by atoms with Crippen molar-refractivity contribution in [2.75, 3.05) is 0 Å². The maximum atomic E-state index is 12.3. The molecule has 154 valence electrons. The summed E-state index contributed by atoms with van der Waals surface area (Å²) in [7, 11) is 0. The molecule has 5 rings (SSSR count). The minimum Gasteiger partial charge on any atom is -0.441 e. The maximum Gasteiger partial charge on any atom is 0.264 e. The van der Waals surface area contributed by atoms with Gasteiger partial charge in [-0.25, -0.2) is 15.8 Å². The number of halogens is 1. The zero-order chi connectivity index (χ0) is 20.7. The van der Waals surface area contributed by atoms with E-state index in [1.807, 2.05) is 47.6 Å². The third kappa shape index (κ3) is 3.74. The molecule has 1 fully saturated rings. The molecule has 2 aliphatic heterocycles. The van der Waals surface area contributed by atoms with Gasteiger partial charge < -0.3 is 4.42 Å². The lowest BCUT2D eigenvalue weighted by molar-refractivity contribution is -0.125. The van der Waals surface area contributed by atoms with E-state index in [0.717, 1.165) is 17.0 Å². The fraction of sp³-hybridized carbons (Fsp3) is 0.250. The maximum absolute atomic E-state index is 12.3. The van der Waals surface area contributed by atoms with Crippen molar-refractivity contribution < 1.29 is 9.21 Å². The molecule has 3 aromatic rings. The molecule has 0 aliphatic carbocycles. The number of nitrogens with one attached hydrogen (secondary N) is 2. The average Bonchev–Trinajstić information content (AvgIpc) is 3.47. The molecule has 2 atom stereocenters. The van der Waals surface area contributed by atoms with Crippen LogP contribution in [0.4, 0.5) is 0 Å². The van der Waals surface area contributed by atoms with E-state index in [-0.39, 0.29) is 18.0 Å². The highest BCUT2D eigenvalue weighted by Gasteiger charge is 2.42. The smallest absolute Gasteiger partial charge is 0.264 e. The molecule has 30 heavy (non-hydrogen) atoms. The van der Waals surface area contributed by atoms with E-state index in [1.165, 1.54) is 16.6 Å². The summed E-state index contributed by atoms with van der Waals surface area (Å²) >= 11 is 9.27. The number of hydrazine groups is 1. The number of aromatic nitrogens is 1. The summed E-state index contributed by atoms with van der Waals surface area (Å²) in [5.74, 6) is 1.77. The predicted molar refractivity (Wildman–Crippen MR) is 119 cm³/mol. The highest BCUT2D eigenvalue weighted by Crippen LogP contribution is 2.34. The lowest BCUT2D eigenvalue weighted by atomic mass is 10.1.